The van der Waals surface area contributed by atoms with Gasteiger partial charge < -0.3 is 4.74 Å². The first-order valence-electron chi connectivity index (χ1n) is 9.05. The molecule has 4 rings (SSSR count). The standard InChI is InChI=1S/C18H15F4N5O3S2/c1-30-12-5-10(4-11(6-12)18(20,21)22)16-13-2-3-27(8-14(13)24-9-25-16)32(28,29)26-17-23-7-15(19)31-17/h4-7,9H,2-3,8H2,1H3,(H,23,26). The Bertz CT molecular complexity index is 1260. The van der Waals surface area contributed by atoms with E-state index in [0.717, 1.165) is 22.6 Å². The third kappa shape index (κ3) is 4.52. The van der Waals surface area contributed by atoms with Gasteiger partial charge in [-0.05, 0) is 24.6 Å². The quantitative estimate of drug-likeness (QED) is 0.552. The molecule has 1 aliphatic rings. The van der Waals surface area contributed by atoms with Crippen molar-refractivity contribution in [2.45, 2.75) is 19.1 Å². The number of fused-ring (bicyclic) bond motifs is 1. The molecule has 3 aromatic rings. The molecule has 0 atom stereocenters. The summed E-state index contributed by atoms with van der Waals surface area (Å²) in [6.07, 6.45) is -2.35. The number of ether oxygens (including phenoxy) is 1. The van der Waals surface area contributed by atoms with Gasteiger partial charge in [0.2, 0.25) is 0 Å². The van der Waals surface area contributed by atoms with Gasteiger partial charge in [-0.2, -0.15) is 30.3 Å². The number of anilines is 1. The lowest BCUT2D eigenvalue weighted by molar-refractivity contribution is -0.137. The van der Waals surface area contributed by atoms with Crippen LogP contribution in [-0.4, -0.2) is 41.3 Å². The Hall–Kier alpha value is -2.84. The number of thiazole rings is 1. The zero-order chi connectivity index (χ0) is 23.1. The highest BCUT2D eigenvalue weighted by molar-refractivity contribution is 7.90. The minimum Gasteiger partial charge on any atom is -0.497 e. The van der Waals surface area contributed by atoms with Crippen molar-refractivity contribution in [2.24, 2.45) is 0 Å². The van der Waals surface area contributed by atoms with Gasteiger partial charge in [0.25, 0.3) is 0 Å². The van der Waals surface area contributed by atoms with Crippen LogP contribution in [-0.2, 0) is 29.4 Å². The van der Waals surface area contributed by atoms with Crippen LogP contribution in [0.5, 0.6) is 5.75 Å². The van der Waals surface area contributed by atoms with Crippen LogP contribution in [0.25, 0.3) is 11.3 Å². The molecule has 0 unspecified atom stereocenters. The summed E-state index contributed by atoms with van der Waals surface area (Å²) in [5, 5.41) is -0.756. The molecule has 3 heterocycles. The number of nitrogens with zero attached hydrogens (tertiary/aromatic N) is 4. The molecule has 1 aromatic carbocycles. The molecule has 0 radical (unpaired) electrons. The molecule has 32 heavy (non-hydrogen) atoms. The SMILES string of the molecule is COc1cc(-c2ncnc3c2CCN(S(=O)(=O)Nc2ncc(F)s2)C3)cc(C(F)(F)F)c1. The van der Waals surface area contributed by atoms with E-state index in [1.54, 1.807) is 0 Å². The molecule has 0 fully saturated rings. The number of hydrogen-bond donors (Lipinski definition) is 1. The van der Waals surface area contributed by atoms with Crippen LogP contribution >= 0.6 is 11.3 Å². The topological polar surface area (TPSA) is 97.3 Å². The van der Waals surface area contributed by atoms with E-state index < -0.39 is 27.1 Å². The smallest absolute Gasteiger partial charge is 0.416 e. The fourth-order valence-corrected chi connectivity index (χ4v) is 5.18. The second kappa shape index (κ2) is 8.26. The first kappa shape index (κ1) is 22.4. The Kier molecular flexibility index (Phi) is 5.77. The van der Waals surface area contributed by atoms with Crippen LogP contribution in [0.3, 0.4) is 0 Å². The van der Waals surface area contributed by atoms with Gasteiger partial charge in [0, 0.05) is 17.7 Å². The normalized spacial score (nSPS) is 14.8. The van der Waals surface area contributed by atoms with Crippen molar-refractivity contribution < 1.29 is 30.7 Å². The number of halogens is 4. The van der Waals surface area contributed by atoms with E-state index in [-0.39, 0.29) is 41.6 Å². The average Bonchev–Trinajstić information content (AvgIpc) is 3.15. The van der Waals surface area contributed by atoms with Gasteiger partial charge in [-0.3, -0.25) is 0 Å². The summed E-state index contributed by atoms with van der Waals surface area (Å²) >= 11 is 0.547. The summed E-state index contributed by atoms with van der Waals surface area (Å²) in [7, 11) is -2.78. The van der Waals surface area contributed by atoms with Gasteiger partial charge in [-0.1, -0.05) is 11.3 Å². The highest BCUT2D eigenvalue weighted by atomic mass is 32.2. The van der Waals surface area contributed by atoms with E-state index in [4.69, 9.17) is 4.74 Å². The summed E-state index contributed by atoms with van der Waals surface area (Å²) in [5.74, 6) is 0.0158. The molecule has 0 aliphatic carbocycles. The van der Waals surface area contributed by atoms with Gasteiger partial charge in [0.1, 0.15) is 12.1 Å². The van der Waals surface area contributed by atoms with Gasteiger partial charge in [0.05, 0.1) is 36.8 Å². The molecule has 0 spiro atoms. The lowest BCUT2D eigenvalue weighted by Crippen LogP contribution is -2.40. The number of aromatic nitrogens is 3. The van der Waals surface area contributed by atoms with Crippen molar-refractivity contribution >= 4 is 26.7 Å². The summed E-state index contributed by atoms with van der Waals surface area (Å²) < 4.78 is 86.6. The number of rotatable bonds is 5. The first-order valence-corrected chi connectivity index (χ1v) is 11.3. The zero-order valence-corrected chi connectivity index (χ0v) is 18.0. The number of nitrogens with one attached hydrogen (secondary N) is 1. The average molecular weight is 489 g/mol. The van der Waals surface area contributed by atoms with Gasteiger partial charge in [-0.25, -0.2) is 19.7 Å². The summed E-state index contributed by atoms with van der Waals surface area (Å²) in [6.45, 7) is -0.114. The van der Waals surface area contributed by atoms with Crippen LogP contribution in [0.15, 0.2) is 30.7 Å². The predicted molar refractivity (Wildman–Crippen MR) is 108 cm³/mol. The molecular weight excluding hydrogens is 474 g/mol. The molecule has 14 heteroatoms. The molecule has 1 aliphatic heterocycles. The first-order chi connectivity index (χ1) is 15.1. The summed E-state index contributed by atoms with van der Waals surface area (Å²) in [6, 6.07) is 3.28. The predicted octanol–water partition coefficient (Wildman–Crippen LogP) is 3.48. The van der Waals surface area contributed by atoms with Crippen LogP contribution < -0.4 is 9.46 Å². The molecule has 0 saturated carbocycles. The van der Waals surface area contributed by atoms with Crippen molar-refractivity contribution in [1.82, 2.24) is 19.3 Å². The number of benzene rings is 1. The number of hydrogen-bond acceptors (Lipinski definition) is 7. The van der Waals surface area contributed by atoms with Crippen LogP contribution in [0.4, 0.5) is 22.7 Å². The van der Waals surface area contributed by atoms with Crippen LogP contribution in [0.2, 0.25) is 0 Å². The minimum absolute atomic E-state index is 0.0158. The van der Waals surface area contributed by atoms with Crippen molar-refractivity contribution in [3.05, 3.63) is 52.7 Å². The third-order valence-electron chi connectivity index (χ3n) is 4.75. The zero-order valence-electron chi connectivity index (χ0n) is 16.4. The lowest BCUT2D eigenvalue weighted by Gasteiger charge is -2.28. The molecule has 0 bridgehead atoms. The maximum atomic E-state index is 13.3. The fourth-order valence-electron chi connectivity index (χ4n) is 3.28. The monoisotopic (exact) mass is 489 g/mol. The Morgan fingerprint density at radius 1 is 1.19 bits per heavy atom. The third-order valence-corrected chi connectivity index (χ3v) is 7.02. The fraction of sp³-hybridized carbons (Fsp3) is 0.278. The van der Waals surface area contributed by atoms with Crippen molar-refractivity contribution in [3.8, 4) is 17.0 Å². The van der Waals surface area contributed by atoms with E-state index in [0.29, 0.717) is 22.6 Å². The van der Waals surface area contributed by atoms with E-state index in [1.807, 2.05) is 0 Å². The Labute approximate surface area is 184 Å². The number of methoxy groups -OCH3 is 1. The maximum absolute atomic E-state index is 13.3. The second-order valence-electron chi connectivity index (χ2n) is 6.76. The maximum Gasteiger partial charge on any atom is 0.416 e. The Balaban J connectivity index is 1.66. The highest BCUT2D eigenvalue weighted by Crippen LogP contribution is 2.37. The van der Waals surface area contributed by atoms with Gasteiger partial charge >= 0.3 is 16.4 Å². The number of alkyl halides is 3. The molecule has 8 nitrogen and oxygen atoms in total. The Morgan fingerprint density at radius 3 is 2.62 bits per heavy atom. The summed E-state index contributed by atoms with van der Waals surface area (Å²) in [4.78, 5) is 11.9. The second-order valence-corrected chi connectivity index (χ2v) is 9.41. The molecular formula is C18H15F4N5O3S2. The van der Waals surface area contributed by atoms with Crippen LogP contribution in [0.1, 0.15) is 16.8 Å². The molecule has 1 N–H and O–H groups in total. The Morgan fingerprint density at radius 2 is 1.97 bits per heavy atom. The van der Waals surface area contributed by atoms with Crippen molar-refractivity contribution in [2.75, 3.05) is 18.4 Å². The van der Waals surface area contributed by atoms with E-state index in [1.165, 1.54) is 19.5 Å². The van der Waals surface area contributed by atoms with Crippen molar-refractivity contribution in [1.29, 1.82) is 0 Å². The molecule has 170 valence electrons. The highest BCUT2D eigenvalue weighted by Gasteiger charge is 2.33. The van der Waals surface area contributed by atoms with E-state index in [2.05, 4.69) is 19.7 Å². The van der Waals surface area contributed by atoms with Crippen LogP contribution in [0, 0.1) is 5.13 Å². The van der Waals surface area contributed by atoms with Gasteiger partial charge in [0.15, 0.2) is 10.3 Å². The molecule has 0 saturated heterocycles. The van der Waals surface area contributed by atoms with E-state index >= 15 is 0 Å². The van der Waals surface area contributed by atoms with E-state index in [9.17, 15) is 26.0 Å². The molecule has 2 aromatic heterocycles. The lowest BCUT2D eigenvalue weighted by atomic mass is 9.98. The molecule has 0 amide bonds. The van der Waals surface area contributed by atoms with Gasteiger partial charge in [-0.15, -0.1) is 0 Å². The van der Waals surface area contributed by atoms with Crippen molar-refractivity contribution in [3.63, 3.8) is 0 Å². The summed E-state index contributed by atoms with van der Waals surface area (Å²) in [5.41, 5.74) is 0.461. The largest absolute Gasteiger partial charge is 0.497 e. The minimum atomic E-state index is -4.58.